The molecule has 20 heavy (non-hydrogen) atoms. The second-order valence-corrected chi connectivity index (χ2v) is 5.44. The number of anilines is 1. The summed E-state index contributed by atoms with van der Waals surface area (Å²) < 4.78 is 0. The van der Waals surface area contributed by atoms with Gasteiger partial charge in [-0.1, -0.05) is 30.5 Å². The van der Waals surface area contributed by atoms with Gasteiger partial charge < -0.3 is 5.32 Å². The van der Waals surface area contributed by atoms with Crippen molar-refractivity contribution in [3.05, 3.63) is 29.3 Å². The minimum atomic E-state index is -0.0983. The standard InChI is InChI=1S/C17H22N2O/c1-4-11-19-12-6-5-10-15(19)17(20)18-16-13(2)8-7-9-14(16)3/h1,7-9,15H,5-6,10-12H2,2-3H3,(H,18,20)/t15-/m0/s1. The van der Waals surface area contributed by atoms with Gasteiger partial charge in [-0.05, 0) is 44.4 Å². The SMILES string of the molecule is C#CCN1CCCC[C@H]1C(=O)Nc1c(C)cccc1C. The lowest BCUT2D eigenvalue weighted by molar-refractivity contribution is -0.122. The lowest BCUT2D eigenvalue weighted by Gasteiger charge is -2.33. The Hall–Kier alpha value is -1.79. The van der Waals surface area contributed by atoms with Gasteiger partial charge in [-0.3, -0.25) is 9.69 Å². The number of amides is 1. The molecule has 1 aromatic carbocycles. The molecule has 1 aromatic rings. The molecular formula is C17H22N2O. The first kappa shape index (κ1) is 14.6. The second-order valence-electron chi connectivity index (χ2n) is 5.44. The number of carbonyl (C=O) groups excluding carboxylic acids is 1. The van der Waals surface area contributed by atoms with Crippen LogP contribution in [0.15, 0.2) is 18.2 Å². The summed E-state index contributed by atoms with van der Waals surface area (Å²) in [7, 11) is 0. The van der Waals surface area contributed by atoms with Crippen LogP contribution in [-0.4, -0.2) is 29.9 Å². The van der Waals surface area contributed by atoms with E-state index in [-0.39, 0.29) is 11.9 Å². The van der Waals surface area contributed by atoms with Crippen molar-refractivity contribution >= 4 is 11.6 Å². The highest BCUT2D eigenvalue weighted by molar-refractivity contribution is 5.96. The third-order valence-corrected chi connectivity index (χ3v) is 3.94. The molecule has 0 radical (unpaired) electrons. The number of piperidine rings is 1. The van der Waals surface area contributed by atoms with E-state index < -0.39 is 0 Å². The summed E-state index contributed by atoms with van der Waals surface area (Å²) >= 11 is 0. The molecule has 0 saturated carbocycles. The Bertz CT molecular complexity index is 510. The van der Waals surface area contributed by atoms with E-state index in [4.69, 9.17) is 6.42 Å². The number of hydrogen-bond acceptors (Lipinski definition) is 2. The van der Waals surface area contributed by atoms with Crippen LogP contribution in [0.2, 0.25) is 0 Å². The molecule has 1 fully saturated rings. The van der Waals surface area contributed by atoms with E-state index >= 15 is 0 Å². The zero-order valence-corrected chi connectivity index (χ0v) is 12.3. The predicted octanol–water partition coefficient (Wildman–Crippen LogP) is 2.73. The largest absolute Gasteiger partial charge is 0.324 e. The summed E-state index contributed by atoms with van der Waals surface area (Å²) in [6.07, 6.45) is 8.50. The minimum Gasteiger partial charge on any atom is -0.324 e. The predicted molar refractivity (Wildman–Crippen MR) is 82.6 cm³/mol. The second kappa shape index (κ2) is 6.58. The normalized spacial score (nSPS) is 19.4. The summed E-state index contributed by atoms with van der Waals surface area (Å²) in [5.41, 5.74) is 3.12. The van der Waals surface area contributed by atoms with E-state index in [1.54, 1.807) is 0 Å². The van der Waals surface area contributed by atoms with Gasteiger partial charge in [0.15, 0.2) is 0 Å². The molecule has 0 aliphatic carbocycles. The third-order valence-electron chi connectivity index (χ3n) is 3.94. The molecule has 0 spiro atoms. The maximum Gasteiger partial charge on any atom is 0.241 e. The first-order valence-corrected chi connectivity index (χ1v) is 7.18. The summed E-state index contributed by atoms with van der Waals surface area (Å²) in [6.45, 7) is 5.49. The van der Waals surface area contributed by atoms with Crippen LogP contribution in [0.3, 0.4) is 0 Å². The average Bonchev–Trinajstić information content (AvgIpc) is 2.44. The van der Waals surface area contributed by atoms with Crippen molar-refractivity contribution in [3.8, 4) is 12.3 Å². The molecule has 1 saturated heterocycles. The van der Waals surface area contributed by atoms with Crippen LogP contribution in [0.5, 0.6) is 0 Å². The Labute approximate surface area is 121 Å². The van der Waals surface area contributed by atoms with E-state index in [1.165, 1.54) is 0 Å². The summed E-state index contributed by atoms with van der Waals surface area (Å²) in [5.74, 6) is 2.72. The molecule has 2 rings (SSSR count). The summed E-state index contributed by atoms with van der Waals surface area (Å²) in [5, 5.41) is 3.09. The van der Waals surface area contributed by atoms with Crippen LogP contribution in [0, 0.1) is 26.2 Å². The topological polar surface area (TPSA) is 32.3 Å². The molecule has 1 aliphatic rings. The Morgan fingerprint density at radius 2 is 2.10 bits per heavy atom. The van der Waals surface area contributed by atoms with Crippen LogP contribution in [0.4, 0.5) is 5.69 Å². The van der Waals surface area contributed by atoms with Gasteiger partial charge in [0.25, 0.3) is 0 Å². The van der Waals surface area contributed by atoms with E-state index in [2.05, 4.69) is 16.1 Å². The number of rotatable bonds is 3. The quantitative estimate of drug-likeness (QED) is 0.857. The number of para-hydroxylation sites is 1. The maximum atomic E-state index is 12.5. The van der Waals surface area contributed by atoms with Gasteiger partial charge in [-0.25, -0.2) is 0 Å². The van der Waals surface area contributed by atoms with Crippen molar-refractivity contribution < 1.29 is 4.79 Å². The number of terminal acetylenes is 1. The minimum absolute atomic E-state index is 0.0670. The van der Waals surface area contributed by atoms with E-state index in [0.29, 0.717) is 6.54 Å². The highest BCUT2D eigenvalue weighted by atomic mass is 16.2. The highest BCUT2D eigenvalue weighted by Crippen LogP contribution is 2.22. The van der Waals surface area contributed by atoms with Crippen molar-refractivity contribution in [1.82, 2.24) is 4.90 Å². The number of likely N-dealkylation sites (tertiary alicyclic amines) is 1. The van der Waals surface area contributed by atoms with Crippen molar-refractivity contribution in [2.75, 3.05) is 18.4 Å². The van der Waals surface area contributed by atoms with Gasteiger partial charge in [-0.15, -0.1) is 6.42 Å². The zero-order chi connectivity index (χ0) is 14.5. The lowest BCUT2D eigenvalue weighted by Crippen LogP contribution is -2.47. The maximum absolute atomic E-state index is 12.5. The van der Waals surface area contributed by atoms with Gasteiger partial charge in [0.1, 0.15) is 0 Å². The third kappa shape index (κ3) is 3.20. The van der Waals surface area contributed by atoms with Crippen molar-refractivity contribution in [2.24, 2.45) is 0 Å². The zero-order valence-electron chi connectivity index (χ0n) is 12.3. The molecular weight excluding hydrogens is 248 g/mol. The van der Waals surface area contributed by atoms with Crippen molar-refractivity contribution in [1.29, 1.82) is 0 Å². The first-order chi connectivity index (χ1) is 9.63. The summed E-state index contributed by atoms with van der Waals surface area (Å²) in [4.78, 5) is 14.6. The fourth-order valence-electron chi connectivity index (χ4n) is 2.81. The van der Waals surface area contributed by atoms with Gasteiger partial charge in [0.2, 0.25) is 5.91 Å². The van der Waals surface area contributed by atoms with Crippen LogP contribution in [-0.2, 0) is 4.79 Å². The smallest absolute Gasteiger partial charge is 0.241 e. The van der Waals surface area contributed by atoms with Gasteiger partial charge in [0.05, 0.1) is 12.6 Å². The molecule has 0 unspecified atom stereocenters. The number of aryl methyl sites for hydroxylation is 2. The molecule has 1 aliphatic heterocycles. The van der Waals surface area contributed by atoms with Crippen LogP contribution < -0.4 is 5.32 Å². The summed E-state index contributed by atoms with van der Waals surface area (Å²) in [6, 6.07) is 5.94. The number of benzene rings is 1. The van der Waals surface area contributed by atoms with E-state index in [1.807, 2.05) is 32.0 Å². The Morgan fingerprint density at radius 3 is 2.75 bits per heavy atom. The molecule has 1 atom stereocenters. The number of hydrogen-bond donors (Lipinski definition) is 1. The lowest BCUT2D eigenvalue weighted by atomic mass is 10.0. The molecule has 3 heteroatoms. The molecule has 0 aromatic heterocycles. The molecule has 1 amide bonds. The fraction of sp³-hybridized carbons (Fsp3) is 0.471. The van der Waals surface area contributed by atoms with E-state index in [9.17, 15) is 4.79 Å². The van der Waals surface area contributed by atoms with Gasteiger partial charge >= 0.3 is 0 Å². The van der Waals surface area contributed by atoms with Crippen molar-refractivity contribution in [2.45, 2.75) is 39.2 Å². The molecule has 3 nitrogen and oxygen atoms in total. The molecule has 1 N–H and O–H groups in total. The highest BCUT2D eigenvalue weighted by Gasteiger charge is 2.28. The molecule has 106 valence electrons. The van der Waals surface area contributed by atoms with Crippen molar-refractivity contribution in [3.63, 3.8) is 0 Å². The van der Waals surface area contributed by atoms with Crippen LogP contribution >= 0.6 is 0 Å². The van der Waals surface area contributed by atoms with Gasteiger partial charge in [-0.2, -0.15) is 0 Å². The molecule has 1 heterocycles. The Morgan fingerprint density at radius 1 is 1.40 bits per heavy atom. The van der Waals surface area contributed by atoms with Crippen LogP contribution in [0.25, 0.3) is 0 Å². The molecule has 0 bridgehead atoms. The number of nitrogens with zero attached hydrogens (tertiary/aromatic N) is 1. The first-order valence-electron chi connectivity index (χ1n) is 7.18. The monoisotopic (exact) mass is 270 g/mol. The number of nitrogens with one attached hydrogen (secondary N) is 1. The van der Waals surface area contributed by atoms with Gasteiger partial charge in [0, 0.05) is 5.69 Å². The Kier molecular flexibility index (Phi) is 4.81. The van der Waals surface area contributed by atoms with Crippen LogP contribution in [0.1, 0.15) is 30.4 Å². The average molecular weight is 270 g/mol. The fourth-order valence-corrected chi connectivity index (χ4v) is 2.81. The number of carbonyl (C=O) groups is 1. The van der Waals surface area contributed by atoms with E-state index in [0.717, 1.165) is 42.6 Å². The Balaban J connectivity index is 2.12.